The van der Waals surface area contributed by atoms with Gasteiger partial charge in [0.1, 0.15) is 17.4 Å². The predicted molar refractivity (Wildman–Crippen MR) is 76.0 cm³/mol. The molecule has 0 aromatic heterocycles. The minimum absolute atomic E-state index is 0.273. The molecule has 0 radical (unpaired) electrons. The fraction of sp³-hybridized carbons (Fsp3) is 0.250. The average molecular weight is 277 g/mol. The Kier molecular flexibility index (Phi) is 4.56. The first-order valence-corrected chi connectivity index (χ1v) is 6.51. The Morgan fingerprint density at radius 1 is 1.10 bits per heavy atom. The van der Waals surface area contributed by atoms with E-state index in [1.54, 1.807) is 0 Å². The first kappa shape index (κ1) is 14.3. The van der Waals surface area contributed by atoms with Gasteiger partial charge in [0.05, 0.1) is 12.3 Å². The SMILES string of the molecule is CCOc1cc(C)ccc1NCc1ccc(F)cc1F. The van der Waals surface area contributed by atoms with Crippen LogP contribution in [0.5, 0.6) is 5.75 Å². The molecule has 0 amide bonds. The summed E-state index contributed by atoms with van der Waals surface area (Å²) in [6.45, 7) is 4.72. The number of halogens is 2. The Labute approximate surface area is 117 Å². The van der Waals surface area contributed by atoms with E-state index >= 15 is 0 Å². The van der Waals surface area contributed by atoms with Crippen molar-refractivity contribution >= 4 is 5.69 Å². The van der Waals surface area contributed by atoms with Gasteiger partial charge in [0, 0.05) is 18.2 Å². The van der Waals surface area contributed by atoms with Crippen molar-refractivity contribution in [3.8, 4) is 5.75 Å². The Balaban J connectivity index is 2.14. The van der Waals surface area contributed by atoms with Gasteiger partial charge in [0.2, 0.25) is 0 Å². The monoisotopic (exact) mass is 277 g/mol. The van der Waals surface area contributed by atoms with E-state index in [-0.39, 0.29) is 6.54 Å². The third kappa shape index (κ3) is 3.47. The number of hydrogen-bond donors (Lipinski definition) is 1. The molecule has 2 aromatic carbocycles. The van der Waals surface area contributed by atoms with Crippen LogP contribution in [0.2, 0.25) is 0 Å². The highest BCUT2D eigenvalue weighted by molar-refractivity contribution is 5.57. The number of aryl methyl sites for hydroxylation is 1. The van der Waals surface area contributed by atoms with Crippen LogP contribution in [0.15, 0.2) is 36.4 Å². The zero-order valence-electron chi connectivity index (χ0n) is 11.5. The average Bonchev–Trinajstić information content (AvgIpc) is 2.40. The lowest BCUT2D eigenvalue weighted by Gasteiger charge is -2.13. The normalized spacial score (nSPS) is 10.4. The molecular weight excluding hydrogens is 260 g/mol. The zero-order chi connectivity index (χ0) is 14.5. The fourth-order valence-electron chi connectivity index (χ4n) is 1.91. The Morgan fingerprint density at radius 3 is 2.60 bits per heavy atom. The largest absolute Gasteiger partial charge is 0.492 e. The minimum atomic E-state index is -0.573. The minimum Gasteiger partial charge on any atom is -0.492 e. The molecule has 4 heteroatoms. The quantitative estimate of drug-likeness (QED) is 0.880. The van der Waals surface area contributed by atoms with Crippen LogP contribution in [-0.2, 0) is 6.54 Å². The van der Waals surface area contributed by atoms with Gasteiger partial charge in [-0.25, -0.2) is 8.78 Å². The van der Waals surface area contributed by atoms with Gasteiger partial charge < -0.3 is 10.1 Å². The molecule has 2 rings (SSSR count). The summed E-state index contributed by atoms with van der Waals surface area (Å²) >= 11 is 0. The summed E-state index contributed by atoms with van der Waals surface area (Å²) in [7, 11) is 0. The first-order valence-electron chi connectivity index (χ1n) is 6.51. The van der Waals surface area contributed by atoms with Crippen molar-refractivity contribution in [3.63, 3.8) is 0 Å². The molecule has 106 valence electrons. The zero-order valence-corrected chi connectivity index (χ0v) is 11.5. The molecule has 0 aliphatic carbocycles. The lowest BCUT2D eigenvalue weighted by Crippen LogP contribution is -2.04. The van der Waals surface area contributed by atoms with Crippen molar-refractivity contribution in [2.75, 3.05) is 11.9 Å². The molecule has 0 atom stereocenters. The topological polar surface area (TPSA) is 21.3 Å². The van der Waals surface area contributed by atoms with E-state index in [1.165, 1.54) is 12.1 Å². The third-order valence-corrected chi connectivity index (χ3v) is 2.92. The Morgan fingerprint density at radius 2 is 1.90 bits per heavy atom. The second-order valence-corrected chi connectivity index (χ2v) is 4.52. The summed E-state index contributed by atoms with van der Waals surface area (Å²) in [6.07, 6.45) is 0. The van der Waals surface area contributed by atoms with Crippen molar-refractivity contribution in [2.24, 2.45) is 0 Å². The number of ether oxygens (including phenoxy) is 1. The lowest BCUT2D eigenvalue weighted by atomic mass is 10.1. The molecule has 0 aliphatic rings. The van der Waals surface area contributed by atoms with Crippen LogP contribution >= 0.6 is 0 Å². The van der Waals surface area contributed by atoms with Crippen LogP contribution in [0.4, 0.5) is 14.5 Å². The van der Waals surface area contributed by atoms with Crippen molar-refractivity contribution < 1.29 is 13.5 Å². The van der Waals surface area contributed by atoms with Crippen LogP contribution in [-0.4, -0.2) is 6.61 Å². The van der Waals surface area contributed by atoms with Crippen LogP contribution in [0.25, 0.3) is 0 Å². The van der Waals surface area contributed by atoms with Gasteiger partial charge in [-0.2, -0.15) is 0 Å². The summed E-state index contributed by atoms with van der Waals surface area (Å²) < 4.78 is 31.9. The first-order chi connectivity index (χ1) is 9.60. The number of nitrogens with one attached hydrogen (secondary N) is 1. The van der Waals surface area contributed by atoms with Gasteiger partial charge >= 0.3 is 0 Å². The highest BCUT2D eigenvalue weighted by Gasteiger charge is 2.07. The lowest BCUT2D eigenvalue weighted by molar-refractivity contribution is 0.341. The van der Waals surface area contributed by atoms with Gasteiger partial charge in [-0.05, 0) is 37.6 Å². The Bertz CT molecular complexity index is 599. The second-order valence-electron chi connectivity index (χ2n) is 4.52. The molecule has 1 N–H and O–H groups in total. The van der Waals surface area contributed by atoms with Crippen LogP contribution in [0, 0.1) is 18.6 Å². The van der Waals surface area contributed by atoms with Gasteiger partial charge in [-0.1, -0.05) is 12.1 Å². The molecule has 0 spiro atoms. The maximum absolute atomic E-state index is 13.6. The highest BCUT2D eigenvalue weighted by atomic mass is 19.1. The van der Waals surface area contributed by atoms with E-state index in [4.69, 9.17) is 4.74 Å². The van der Waals surface area contributed by atoms with E-state index in [1.807, 2.05) is 32.0 Å². The van der Waals surface area contributed by atoms with E-state index in [9.17, 15) is 8.78 Å². The molecule has 0 fully saturated rings. The van der Waals surface area contributed by atoms with E-state index in [2.05, 4.69) is 5.32 Å². The molecule has 0 bridgehead atoms. The Hall–Kier alpha value is -2.10. The van der Waals surface area contributed by atoms with Crippen LogP contribution < -0.4 is 10.1 Å². The van der Waals surface area contributed by atoms with Gasteiger partial charge in [-0.3, -0.25) is 0 Å². The van der Waals surface area contributed by atoms with E-state index in [0.29, 0.717) is 12.2 Å². The van der Waals surface area contributed by atoms with E-state index in [0.717, 1.165) is 23.1 Å². The van der Waals surface area contributed by atoms with E-state index < -0.39 is 11.6 Å². The third-order valence-electron chi connectivity index (χ3n) is 2.92. The molecule has 0 unspecified atom stereocenters. The molecule has 0 aliphatic heterocycles. The molecule has 2 aromatic rings. The maximum atomic E-state index is 13.6. The highest BCUT2D eigenvalue weighted by Crippen LogP contribution is 2.26. The number of benzene rings is 2. The number of anilines is 1. The summed E-state index contributed by atoms with van der Waals surface area (Å²) in [5.74, 6) is -0.394. The maximum Gasteiger partial charge on any atom is 0.142 e. The predicted octanol–water partition coefficient (Wildman–Crippen LogP) is 4.28. The standard InChI is InChI=1S/C16H17F2NO/c1-3-20-16-8-11(2)4-7-15(16)19-10-12-5-6-13(17)9-14(12)18/h4-9,19H,3,10H2,1-2H3. The smallest absolute Gasteiger partial charge is 0.142 e. The molecule has 0 saturated carbocycles. The molecule has 20 heavy (non-hydrogen) atoms. The molecule has 0 heterocycles. The van der Waals surface area contributed by atoms with Crippen molar-refractivity contribution in [1.82, 2.24) is 0 Å². The number of rotatable bonds is 5. The summed E-state index contributed by atoms with van der Waals surface area (Å²) in [5.41, 5.74) is 2.29. The summed E-state index contributed by atoms with van der Waals surface area (Å²) in [6, 6.07) is 9.33. The summed E-state index contributed by atoms with van der Waals surface area (Å²) in [5, 5.41) is 3.11. The van der Waals surface area contributed by atoms with Gasteiger partial charge in [0.25, 0.3) is 0 Å². The van der Waals surface area contributed by atoms with Gasteiger partial charge in [-0.15, -0.1) is 0 Å². The van der Waals surface area contributed by atoms with Crippen molar-refractivity contribution in [3.05, 3.63) is 59.2 Å². The second kappa shape index (κ2) is 6.37. The summed E-state index contributed by atoms with van der Waals surface area (Å²) in [4.78, 5) is 0. The molecular formula is C16H17F2NO. The van der Waals surface area contributed by atoms with Crippen molar-refractivity contribution in [1.29, 1.82) is 0 Å². The molecule has 2 nitrogen and oxygen atoms in total. The van der Waals surface area contributed by atoms with Crippen LogP contribution in [0.3, 0.4) is 0 Å². The molecule has 0 saturated heterocycles. The van der Waals surface area contributed by atoms with Crippen LogP contribution in [0.1, 0.15) is 18.1 Å². The van der Waals surface area contributed by atoms with Crippen molar-refractivity contribution in [2.45, 2.75) is 20.4 Å². The number of hydrogen-bond acceptors (Lipinski definition) is 2. The fourth-order valence-corrected chi connectivity index (χ4v) is 1.91. The van der Waals surface area contributed by atoms with Gasteiger partial charge in [0.15, 0.2) is 0 Å².